The Kier molecular flexibility index (Phi) is 4.70. The number of ether oxygens (including phenoxy) is 1. The van der Waals surface area contributed by atoms with Crippen LogP contribution in [0.15, 0.2) is 0 Å². The maximum atomic E-state index is 10.4. The average Bonchev–Trinajstić information content (AvgIpc) is 2.15. The summed E-state index contributed by atoms with van der Waals surface area (Å²) in [6.45, 7) is -0.480. The van der Waals surface area contributed by atoms with Crippen LogP contribution in [0.5, 0.6) is 0 Å². The quantitative estimate of drug-likeness (QED) is 0.268. The predicted octanol–water partition coefficient (Wildman–Crippen LogP) is -0.654. The highest BCUT2D eigenvalue weighted by Crippen LogP contribution is 2.19. The molecule has 2 N–H and O–H groups in total. The smallest absolute Gasteiger partial charge is 0.450 e. The number of hydrogen-bond donors (Lipinski definition) is 1. The number of nitro groups is 3. The van der Waals surface area contributed by atoms with E-state index in [0.29, 0.717) is 0 Å². The first-order chi connectivity index (χ1) is 7.75. The molecule has 0 spiro atoms. The normalized spacial score (nSPS) is 10.6. The molecule has 0 radical (unpaired) electrons. The van der Waals surface area contributed by atoms with E-state index < -0.39 is 46.1 Å². The number of carbonyl (C=O) groups excluding carboxylic acids is 1. The van der Waals surface area contributed by atoms with Gasteiger partial charge in [0.1, 0.15) is 0 Å². The van der Waals surface area contributed by atoms with E-state index in [1.165, 1.54) is 0 Å². The molecule has 0 bridgehead atoms. The predicted molar refractivity (Wildman–Crippen MR) is 48.5 cm³/mol. The molecule has 0 aromatic rings. The molecular weight excluding hydrogens is 244 g/mol. The molecule has 96 valence electrons. The number of hydrogen-bond acceptors (Lipinski definition) is 8. The first-order valence-corrected chi connectivity index (χ1v) is 4.11. The molecule has 0 saturated heterocycles. The summed E-state index contributed by atoms with van der Waals surface area (Å²) in [6, 6.07) is 0. The fourth-order valence-electron chi connectivity index (χ4n) is 0.956. The minimum absolute atomic E-state index is 0.439. The van der Waals surface area contributed by atoms with Crippen LogP contribution < -0.4 is 5.73 Å². The van der Waals surface area contributed by atoms with Gasteiger partial charge in [-0.3, -0.25) is 30.3 Å². The zero-order valence-corrected chi connectivity index (χ0v) is 8.31. The van der Waals surface area contributed by atoms with E-state index in [1.54, 1.807) is 0 Å². The van der Waals surface area contributed by atoms with E-state index in [2.05, 4.69) is 10.5 Å². The summed E-state index contributed by atoms with van der Waals surface area (Å²) in [7, 11) is 0. The van der Waals surface area contributed by atoms with Gasteiger partial charge < -0.3 is 10.5 Å². The molecule has 0 aliphatic heterocycles. The largest absolute Gasteiger partial charge is 0.699 e. The van der Waals surface area contributed by atoms with Crippen molar-refractivity contribution < 1.29 is 24.3 Å². The summed E-state index contributed by atoms with van der Waals surface area (Å²) in [6.07, 6.45) is -2.64. The zero-order valence-electron chi connectivity index (χ0n) is 8.31. The van der Waals surface area contributed by atoms with Crippen molar-refractivity contribution in [2.24, 2.45) is 5.73 Å². The standard InChI is InChI=1S/C5H8N4O8/c6-4(10)17-3-1-2-5(7(11)12,8(13)14)9(15)16/h1-3H2,(H2,6,10). The molecule has 1 amide bonds. The summed E-state index contributed by atoms with van der Waals surface area (Å²) in [4.78, 5) is 36.6. The lowest BCUT2D eigenvalue weighted by atomic mass is 10.2. The van der Waals surface area contributed by atoms with Crippen molar-refractivity contribution in [1.82, 2.24) is 0 Å². The van der Waals surface area contributed by atoms with E-state index in [0.717, 1.165) is 0 Å². The summed E-state index contributed by atoms with van der Waals surface area (Å²) in [5.74, 6) is -3.53. The minimum Gasteiger partial charge on any atom is -0.450 e. The van der Waals surface area contributed by atoms with Gasteiger partial charge in [-0.1, -0.05) is 0 Å². The molecule has 12 nitrogen and oxygen atoms in total. The van der Waals surface area contributed by atoms with Crippen LogP contribution in [-0.2, 0) is 4.74 Å². The highest BCUT2D eigenvalue weighted by molar-refractivity contribution is 5.64. The Bertz CT molecular complexity index is 318. The second kappa shape index (κ2) is 5.53. The Morgan fingerprint density at radius 2 is 1.53 bits per heavy atom. The topological polar surface area (TPSA) is 182 Å². The second-order valence-corrected chi connectivity index (χ2v) is 2.82. The van der Waals surface area contributed by atoms with Gasteiger partial charge >= 0.3 is 11.9 Å². The van der Waals surface area contributed by atoms with E-state index in [4.69, 9.17) is 0 Å². The van der Waals surface area contributed by atoms with Crippen LogP contribution in [0.3, 0.4) is 0 Å². The Morgan fingerprint density at radius 3 is 1.82 bits per heavy atom. The van der Waals surface area contributed by atoms with E-state index in [1.807, 2.05) is 0 Å². The van der Waals surface area contributed by atoms with E-state index in [-0.39, 0.29) is 0 Å². The number of carbonyl (C=O) groups is 1. The third-order valence-corrected chi connectivity index (χ3v) is 1.78. The molecule has 0 aromatic heterocycles. The Labute approximate surface area is 92.8 Å². The highest BCUT2D eigenvalue weighted by Gasteiger charge is 2.69. The van der Waals surface area contributed by atoms with Crippen molar-refractivity contribution in [2.45, 2.75) is 18.6 Å². The van der Waals surface area contributed by atoms with Crippen molar-refractivity contribution in [2.75, 3.05) is 6.61 Å². The molecule has 0 saturated carbocycles. The van der Waals surface area contributed by atoms with Gasteiger partial charge in [-0.15, -0.1) is 0 Å². The Hall–Kier alpha value is -2.53. The van der Waals surface area contributed by atoms with Gasteiger partial charge in [0, 0.05) is 6.42 Å². The van der Waals surface area contributed by atoms with Gasteiger partial charge in [-0.2, -0.15) is 0 Å². The lowest BCUT2D eigenvalue weighted by Crippen LogP contribution is -2.53. The molecule has 0 aliphatic rings. The van der Waals surface area contributed by atoms with Crippen LogP contribution in [0.4, 0.5) is 4.79 Å². The van der Waals surface area contributed by atoms with E-state index >= 15 is 0 Å². The first-order valence-electron chi connectivity index (χ1n) is 4.11. The molecule has 0 heterocycles. The van der Waals surface area contributed by atoms with Gasteiger partial charge in [0.25, 0.3) is 0 Å². The SMILES string of the molecule is NC(=O)OCCCC([N+](=O)[O-])([N+](=O)[O-])[N+](=O)[O-]. The summed E-state index contributed by atoms with van der Waals surface area (Å²) in [5.41, 5.74) is 4.56. The van der Waals surface area contributed by atoms with Gasteiger partial charge in [0.2, 0.25) is 0 Å². The van der Waals surface area contributed by atoms with Crippen LogP contribution in [0.25, 0.3) is 0 Å². The van der Waals surface area contributed by atoms with E-state index in [9.17, 15) is 35.1 Å². The fourth-order valence-corrected chi connectivity index (χ4v) is 0.956. The summed E-state index contributed by atoms with van der Waals surface area (Å²) >= 11 is 0. The van der Waals surface area contributed by atoms with Gasteiger partial charge in [0.15, 0.2) is 21.2 Å². The lowest BCUT2D eigenvalue weighted by Gasteiger charge is -2.08. The first kappa shape index (κ1) is 14.5. The van der Waals surface area contributed by atoms with Crippen LogP contribution in [0.2, 0.25) is 0 Å². The number of rotatable bonds is 7. The molecule has 0 aromatic carbocycles. The molecule has 0 unspecified atom stereocenters. The van der Waals surface area contributed by atoms with Crippen LogP contribution in [0, 0.1) is 30.3 Å². The van der Waals surface area contributed by atoms with Crippen molar-refractivity contribution in [3.05, 3.63) is 30.3 Å². The third kappa shape index (κ3) is 3.22. The van der Waals surface area contributed by atoms with Crippen LogP contribution >= 0.6 is 0 Å². The van der Waals surface area contributed by atoms with Crippen LogP contribution in [-0.4, -0.2) is 33.3 Å². The van der Waals surface area contributed by atoms with Gasteiger partial charge in [-0.25, -0.2) is 4.79 Å². The lowest BCUT2D eigenvalue weighted by molar-refractivity contribution is -0.970. The average molecular weight is 252 g/mol. The second-order valence-electron chi connectivity index (χ2n) is 2.82. The van der Waals surface area contributed by atoms with Crippen molar-refractivity contribution >= 4 is 6.09 Å². The fraction of sp³-hybridized carbons (Fsp3) is 0.800. The zero-order chi connectivity index (χ0) is 13.6. The maximum absolute atomic E-state index is 10.4. The Balaban J connectivity index is 4.72. The van der Waals surface area contributed by atoms with Gasteiger partial charge in [-0.05, 0) is 0 Å². The number of nitrogens with two attached hydrogens (primary N) is 1. The molecule has 17 heavy (non-hydrogen) atoms. The van der Waals surface area contributed by atoms with Crippen molar-refractivity contribution in [1.29, 1.82) is 0 Å². The van der Waals surface area contributed by atoms with Crippen molar-refractivity contribution in [3.8, 4) is 0 Å². The number of nitrogens with zero attached hydrogens (tertiary/aromatic N) is 3. The summed E-state index contributed by atoms with van der Waals surface area (Å²) in [5, 5.41) is 31.3. The molecule has 0 rings (SSSR count). The van der Waals surface area contributed by atoms with Crippen molar-refractivity contribution in [3.63, 3.8) is 0 Å². The van der Waals surface area contributed by atoms with Crippen LogP contribution in [0.1, 0.15) is 12.8 Å². The molecule has 0 aliphatic carbocycles. The molecule has 0 fully saturated rings. The molecule has 12 heteroatoms. The molecule has 0 atom stereocenters. The summed E-state index contributed by atoms with van der Waals surface area (Å²) < 4.78 is 4.15. The highest BCUT2D eigenvalue weighted by atomic mass is 16.7. The van der Waals surface area contributed by atoms with Gasteiger partial charge in [0.05, 0.1) is 6.61 Å². The third-order valence-electron chi connectivity index (χ3n) is 1.78. The number of amides is 1. The Morgan fingerprint density at radius 1 is 1.12 bits per heavy atom. The molecular formula is C5H8N4O8. The number of primary amides is 1. The maximum Gasteiger partial charge on any atom is 0.699 e. The monoisotopic (exact) mass is 252 g/mol. The minimum atomic E-state index is -3.53.